The summed E-state index contributed by atoms with van der Waals surface area (Å²) in [5, 5.41) is 0. The first-order valence-corrected chi connectivity index (χ1v) is 9.57. The lowest BCUT2D eigenvalue weighted by Gasteiger charge is -2.37. The molecule has 0 radical (unpaired) electrons. The Morgan fingerprint density at radius 1 is 1.17 bits per heavy atom. The van der Waals surface area contributed by atoms with Gasteiger partial charge in [-0.25, -0.2) is 13.1 Å². The van der Waals surface area contributed by atoms with Crippen molar-refractivity contribution in [1.29, 1.82) is 0 Å². The van der Waals surface area contributed by atoms with Gasteiger partial charge < -0.3 is 4.90 Å². The number of rotatable bonds is 4. The average Bonchev–Trinajstić information content (AvgIpc) is 2.47. The van der Waals surface area contributed by atoms with E-state index in [9.17, 15) is 8.42 Å². The molecule has 0 unspecified atom stereocenters. The molecule has 6 heteroatoms. The first-order chi connectivity index (χ1) is 10.6. The van der Waals surface area contributed by atoms with Gasteiger partial charge in [-0.05, 0) is 31.1 Å². The van der Waals surface area contributed by atoms with Crippen LogP contribution >= 0.6 is 0 Å². The molecular formula is C17H29N3O2S. The summed E-state index contributed by atoms with van der Waals surface area (Å²) in [7, 11) is 0.614. The summed E-state index contributed by atoms with van der Waals surface area (Å²) in [6.45, 7) is 9.39. The van der Waals surface area contributed by atoms with E-state index in [4.69, 9.17) is 0 Å². The monoisotopic (exact) mass is 339 g/mol. The van der Waals surface area contributed by atoms with Crippen molar-refractivity contribution in [3.05, 3.63) is 29.8 Å². The van der Waals surface area contributed by atoms with Crippen LogP contribution in [-0.2, 0) is 15.4 Å². The van der Waals surface area contributed by atoms with Gasteiger partial charge >= 0.3 is 0 Å². The van der Waals surface area contributed by atoms with Crippen LogP contribution in [0.1, 0.15) is 26.3 Å². The van der Waals surface area contributed by atoms with Gasteiger partial charge in [-0.2, -0.15) is 0 Å². The third-order valence-corrected chi connectivity index (χ3v) is 5.96. The first-order valence-electron chi connectivity index (χ1n) is 8.09. The zero-order valence-corrected chi connectivity index (χ0v) is 15.7. The second kappa shape index (κ2) is 6.89. The summed E-state index contributed by atoms with van der Waals surface area (Å²) in [5.41, 5.74) is 0.634. The highest BCUT2D eigenvalue weighted by molar-refractivity contribution is 7.89. The number of nitrogens with one attached hydrogen (secondary N) is 1. The van der Waals surface area contributed by atoms with Crippen LogP contribution in [0.2, 0.25) is 0 Å². The van der Waals surface area contributed by atoms with Gasteiger partial charge in [0.2, 0.25) is 10.0 Å². The molecule has 1 fully saturated rings. The molecular weight excluding hydrogens is 310 g/mol. The maximum absolute atomic E-state index is 12.8. The van der Waals surface area contributed by atoms with Crippen LogP contribution in [0.4, 0.5) is 0 Å². The fourth-order valence-corrected chi connectivity index (χ4v) is 4.41. The third kappa shape index (κ3) is 4.53. The van der Waals surface area contributed by atoms with E-state index in [2.05, 4.69) is 28.6 Å². The van der Waals surface area contributed by atoms with Gasteiger partial charge in [0.15, 0.2) is 0 Å². The van der Waals surface area contributed by atoms with E-state index in [1.807, 2.05) is 32.9 Å². The maximum Gasteiger partial charge on any atom is 0.240 e. The number of hydrogen-bond acceptors (Lipinski definition) is 4. The normalized spacial score (nSPS) is 21.5. The molecule has 1 aromatic carbocycles. The maximum atomic E-state index is 12.8. The highest BCUT2D eigenvalue weighted by Crippen LogP contribution is 2.28. The van der Waals surface area contributed by atoms with Gasteiger partial charge in [-0.1, -0.05) is 39.0 Å². The van der Waals surface area contributed by atoms with Crippen molar-refractivity contribution in [2.45, 2.75) is 37.1 Å². The van der Waals surface area contributed by atoms with Crippen molar-refractivity contribution in [1.82, 2.24) is 14.5 Å². The van der Waals surface area contributed by atoms with Crippen LogP contribution < -0.4 is 4.72 Å². The van der Waals surface area contributed by atoms with E-state index in [0.29, 0.717) is 11.4 Å². The quantitative estimate of drug-likeness (QED) is 0.903. The van der Waals surface area contributed by atoms with Crippen LogP contribution in [0.25, 0.3) is 0 Å². The molecule has 0 amide bonds. The summed E-state index contributed by atoms with van der Waals surface area (Å²) < 4.78 is 28.4. The van der Waals surface area contributed by atoms with Crippen molar-refractivity contribution in [3.8, 4) is 0 Å². The van der Waals surface area contributed by atoms with E-state index in [0.717, 1.165) is 25.2 Å². The molecule has 1 aromatic rings. The molecule has 0 spiro atoms. The Hall–Kier alpha value is -0.950. The molecule has 1 heterocycles. The molecule has 0 saturated carbocycles. The van der Waals surface area contributed by atoms with Crippen LogP contribution in [0, 0.1) is 0 Å². The summed E-state index contributed by atoms with van der Waals surface area (Å²) >= 11 is 0. The predicted octanol–water partition coefficient (Wildman–Crippen LogP) is 1.51. The van der Waals surface area contributed by atoms with E-state index < -0.39 is 10.0 Å². The first kappa shape index (κ1) is 18.4. The Morgan fingerprint density at radius 2 is 1.83 bits per heavy atom. The molecule has 1 N–H and O–H groups in total. The van der Waals surface area contributed by atoms with Gasteiger partial charge in [0, 0.05) is 32.2 Å². The van der Waals surface area contributed by atoms with Gasteiger partial charge in [-0.3, -0.25) is 4.90 Å². The molecule has 130 valence electrons. The van der Waals surface area contributed by atoms with Crippen LogP contribution in [0.3, 0.4) is 0 Å². The minimum absolute atomic E-state index is 0.199. The average molecular weight is 340 g/mol. The molecule has 1 aliphatic rings. The molecule has 2 rings (SSSR count). The highest BCUT2D eigenvalue weighted by atomic mass is 32.2. The number of piperazine rings is 1. The van der Waals surface area contributed by atoms with Gasteiger partial charge in [-0.15, -0.1) is 0 Å². The Kier molecular flexibility index (Phi) is 5.51. The van der Waals surface area contributed by atoms with E-state index in [1.54, 1.807) is 12.1 Å². The minimum Gasteiger partial charge on any atom is -0.303 e. The fourth-order valence-electron chi connectivity index (χ4n) is 2.93. The molecule has 0 aromatic heterocycles. The lowest BCUT2D eigenvalue weighted by atomic mass is 9.87. The highest BCUT2D eigenvalue weighted by Gasteiger charge is 2.28. The molecule has 0 aliphatic carbocycles. The fraction of sp³-hybridized carbons (Fsp3) is 0.647. The Balaban J connectivity index is 2.17. The zero-order chi connectivity index (χ0) is 17.3. The summed E-state index contributed by atoms with van der Waals surface area (Å²) in [5.74, 6) is 0. The van der Waals surface area contributed by atoms with Crippen molar-refractivity contribution >= 4 is 10.0 Å². The van der Waals surface area contributed by atoms with Gasteiger partial charge in [0.25, 0.3) is 0 Å². The topological polar surface area (TPSA) is 52.6 Å². The Morgan fingerprint density at radius 3 is 2.48 bits per heavy atom. The SMILES string of the molecule is CN1CCN(C)[C@H](CNS(=O)(=O)c2ccccc2C(C)(C)C)C1. The van der Waals surface area contributed by atoms with E-state index >= 15 is 0 Å². The molecule has 23 heavy (non-hydrogen) atoms. The summed E-state index contributed by atoms with van der Waals surface area (Å²) in [6, 6.07) is 7.47. The minimum atomic E-state index is -3.51. The van der Waals surface area contributed by atoms with Crippen molar-refractivity contribution < 1.29 is 8.42 Å². The van der Waals surface area contributed by atoms with Crippen LogP contribution in [0.5, 0.6) is 0 Å². The summed E-state index contributed by atoms with van der Waals surface area (Å²) in [6.07, 6.45) is 0. The predicted molar refractivity (Wildman–Crippen MR) is 94.2 cm³/mol. The lowest BCUT2D eigenvalue weighted by molar-refractivity contribution is 0.117. The standard InChI is InChI=1S/C17H29N3O2S/c1-17(2,3)15-8-6-7-9-16(15)23(21,22)18-12-14-13-19(4)10-11-20(14)5/h6-9,14,18H,10-13H2,1-5H3/t14-/m1/s1. The number of likely N-dealkylation sites (N-methyl/N-ethyl adjacent to an activating group) is 2. The molecule has 1 atom stereocenters. The van der Waals surface area contributed by atoms with Crippen LogP contribution in [0.15, 0.2) is 29.2 Å². The lowest BCUT2D eigenvalue weighted by Crippen LogP contribution is -2.54. The molecule has 1 aliphatic heterocycles. The van der Waals surface area contributed by atoms with Crippen molar-refractivity contribution in [2.24, 2.45) is 0 Å². The molecule has 0 bridgehead atoms. The molecule has 5 nitrogen and oxygen atoms in total. The second-order valence-corrected chi connectivity index (χ2v) is 9.23. The van der Waals surface area contributed by atoms with Crippen molar-refractivity contribution in [2.75, 3.05) is 40.3 Å². The van der Waals surface area contributed by atoms with Crippen LogP contribution in [-0.4, -0.2) is 64.5 Å². The number of benzene rings is 1. The van der Waals surface area contributed by atoms with E-state index in [1.165, 1.54) is 0 Å². The smallest absolute Gasteiger partial charge is 0.240 e. The largest absolute Gasteiger partial charge is 0.303 e. The number of hydrogen-bond donors (Lipinski definition) is 1. The van der Waals surface area contributed by atoms with Crippen molar-refractivity contribution in [3.63, 3.8) is 0 Å². The zero-order valence-electron chi connectivity index (χ0n) is 14.8. The Bertz CT molecular complexity index is 637. The molecule has 1 saturated heterocycles. The Labute approximate surface area is 140 Å². The number of nitrogens with zero attached hydrogens (tertiary/aromatic N) is 2. The number of sulfonamides is 1. The van der Waals surface area contributed by atoms with E-state index in [-0.39, 0.29) is 11.5 Å². The van der Waals surface area contributed by atoms with Gasteiger partial charge in [0.05, 0.1) is 4.90 Å². The second-order valence-electron chi connectivity index (χ2n) is 7.49. The van der Waals surface area contributed by atoms with Gasteiger partial charge in [0.1, 0.15) is 0 Å². The summed E-state index contributed by atoms with van der Waals surface area (Å²) in [4.78, 5) is 4.85. The third-order valence-electron chi connectivity index (χ3n) is 4.47.